The molecule has 2 N–H and O–H groups in total. The number of carbonyl (C=O) groups excluding carboxylic acids is 2. The highest BCUT2D eigenvalue weighted by molar-refractivity contribution is 6.35. The maximum Gasteiger partial charge on any atom is 0.309 e. The molecule has 1 saturated carbocycles. The van der Waals surface area contributed by atoms with E-state index in [4.69, 9.17) is 0 Å². The smallest absolute Gasteiger partial charge is 0.309 e. The van der Waals surface area contributed by atoms with Gasteiger partial charge in [-0.1, -0.05) is 19.3 Å². The predicted molar refractivity (Wildman–Crippen MR) is 89.9 cm³/mol. The zero-order valence-electron chi connectivity index (χ0n) is 14.3. The number of rotatable bonds is 5. The Kier molecular flexibility index (Phi) is 6.21. The average Bonchev–Trinajstić information content (AvgIpc) is 2.94. The van der Waals surface area contributed by atoms with Crippen molar-refractivity contribution in [2.24, 2.45) is 7.05 Å². The Balaban J connectivity index is 1.86. The van der Waals surface area contributed by atoms with E-state index in [2.05, 4.69) is 10.6 Å². The van der Waals surface area contributed by atoms with E-state index in [1.165, 1.54) is 6.42 Å². The van der Waals surface area contributed by atoms with Gasteiger partial charge in [-0.05, 0) is 39.1 Å². The average molecular weight is 320 g/mol. The van der Waals surface area contributed by atoms with Crippen LogP contribution < -0.4 is 10.6 Å². The number of aryl methyl sites for hydroxylation is 1. The van der Waals surface area contributed by atoms with E-state index in [-0.39, 0.29) is 12.1 Å². The highest BCUT2D eigenvalue weighted by Gasteiger charge is 2.22. The summed E-state index contributed by atoms with van der Waals surface area (Å²) >= 11 is 0. The standard InChI is InChI=1S/C17H28N4O2/c1-20(2)15(14-10-7-11-21(14)3)12-18-16(22)17(23)19-13-8-5-4-6-9-13/h7,10-11,13,15H,4-6,8-9,12H2,1-3H3,(H,18,22)(H,19,23). The quantitative estimate of drug-likeness (QED) is 0.801. The van der Waals surface area contributed by atoms with Crippen molar-refractivity contribution < 1.29 is 9.59 Å². The molecule has 1 aromatic heterocycles. The Bertz CT molecular complexity index is 532. The lowest BCUT2D eigenvalue weighted by molar-refractivity contribution is -0.139. The minimum Gasteiger partial charge on any atom is -0.353 e. The molecule has 0 saturated heterocycles. The minimum absolute atomic E-state index is 0.0291. The first-order valence-corrected chi connectivity index (χ1v) is 8.35. The van der Waals surface area contributed by atoms with Crippen LogP contribution in [0.4, 0.5) is 0 Å². The minimum atomic E-state index is -0.545. The third-order valence-electron chi connectivity index (χ3n) is 4.55. The van der Waals surface area contributed by atoms with Gasteiger partial charge in [0.05, 0.1) is 6.04 Å². The number of hydrogen-bond acceptors (Lipinski definition) is 3. The molecule has 6 heteroatoms. The van der Waals surface area contributed by atoms with Crippen LogP contribution in [0.2, 0.25) is 0 Å². The maximum atomic E-state index is 12.0. The van der Waals surface area contributed by atoms with Crippen molar-refractivity contribution >= 4 is 11.8 Å². The van der Waals surface area contributed by atoms with Crippen molar-refractivity contribution in [3.8, 4) is 0 Å². The molecule has 1 heterocycles. The molecule has 2 rings (SSSR count). The lowest BCUT2D eigenvalue weighted by atomic mass is 9.95. The molecule has 0 aromatic carbocycles. The second kappa shape index (κ2) is 8.15. The number of nitrogens with one attached hydrogen (secondary N) is 2. The second-order valence-electron chi connectivity index (χ2n) is 6.54. The number of likely N-dealkylation sites (N-methyl/N-ethyl adjacent to an activating group) is 1. The number of amides is 2. The maximum absolute atomic E-state index is 12.0. The molecule has 0 spiro atoms. The number of hydrogen-bond donors (Lipinski definition) is 2. The van der Waals surface area contributed by atoms with Crippen molar-refractivity contribution in [2.75, 3.05) is 20.6 Å². The van der Waals surface area contributed by atoms with E-state index in [0.717, 1.165) is 31.4 Å². The van der Waals surface area contributed by atoms with Gasteiger partial charge in [0.25, 0.3) is 0 Å². The lowest BCUT2D eigenvalue weighted by Gasteiger charge is -2.26. The molecule has 2 amide bonds. The molecular weight excluding hydrogens is 292 g/mol. The Morgan fingerprint density at radius 1 is 1.26 bits per heavy atom. The summed E-state index contributed by atoms with van der Waals surface area (Å²) in [4.78, 5) is 26.1. The summed E-state index contributed by atoms with van der Waals surface area (Å²) in [5.74, 6) is -1.06. The Hall–Kier alpha value is -1.82. The molecule has 1 fully saturated rings. The molecule has 1 aliphatic rings. The van der Waals surface area contributed by atoms with Crippen LogP contribution in [0.15, 0.2) is 18.3 Å². The van der Waals surface area contributed by atoms with Crippen LogP contribution >= 0.6 is 0 Å². The molecule has 128 valence electrons. The normalized spacial score (nSPS) is 17.0. The molecule has 0 aliphatic heterocycles. The van der Waals surface area contributed by atoms with Crippen LogP contribution in [0.25, 0.3) is 0 Å². The molecule has 23 heavy (non-hydrogen) atoms. The third-order valence-corrected chi connectivity index (χ3v) is 4.55. The Labute approximate surface area is 138 Å². The fourth-order valence-electron chi connectivity index (χ4n) is 3.14. The van der Waals surface area contributed by atoms with Crippen LogP contribution in [0.3, 0.4) is 0 Å². The molecule has 1 atom stereocenters. The first-order chi connectivity index (χ1) is 11.0. The lowest BCUT2D eigenvalue weighted by Crippen LogP contribution is -2.47. The summed E-state index contributed by atoms with van der Waals surface area (Å²) in [6, 6.07) is 4.18. The molecule has 0 bridgehead atoms. The van der Waals surface area contributed by atoms with Crippen molar-refractivity contribution in [1.82, 2.24) is 20.1 Å². The fourth-order valence-corrected chi connectivity index (χ4v) is 3.14. The summed E-state index contributed by atoms with van der Waals surface area (Å²) in [6.07, 6.45) is 7.40. The van der Waals surface area contributed by atoms with E-state index in [0.29, 0.717) is 6.54 Å². The van der Waals surface area contributed by atoms with Crippen LogP contribution in [-0.4, -0.2) is 48.0 Å². The van der Waals surface area contributed by atoms with Crippen LogP contribution in [0, 0.1) is 0 Å². The SMILES string of the molecule is CN(C)C(CNC(=O)C(=O)NC1CCCCC1)c1cccn1C. The number of aromatic nitrogens is 1. The molecule has 1 aromatic rings. The summed E-state index contributed by atoms with van der Waals surface area (Å²) in [7, 11) is 5.90. The zero-order chi connectivity index (χ0) is 16.8. The second-order valence-corrected chi connectivity index (χ2v) is 6.54. The van der Waals surface area contributed by atoms with E-state index < -0.39 is 11.8 Å². The van der Waals surface area contributed by atoms with Gasteiger partial charge in [-0.25, -0.2) is 0 Å². The first-order valence-electron chi connectivity index (χ1n) is 8.35. The van der Waals surface area contributed by atoms with E-state index in [1.54, 1.807) is 0 Å². The van der Waals surface area contributed by atoms with Crippen molar-refractivity contribution in [3.63, 3.8) is 0 Å². The van der Waals surface area contributed by atoms with E-state index in [1.807, 2.05) is 48.9 Å². The highest BCUT2D eigenvalue weighted by atomic mass is 16.2. The van der Waals surface area contributed by atoms with Crippen LogP contribution in [-0.2, 0) is 16.6 Å². The summed E-state index contributed by atoms with van der Waals surface area (Å²) in [5, 5.41) is 5.61. The zero-order valence-corrected chi connectivity index (χ0v) is 14.3. The predicted octanol–water partition coefficient (Wildman–Crippen LogP) is 1.19. The van der Waals surface area contributed by atoms with Crippen LogP contribution in [0.5, 0.6) is 0 Å². The van der Waals surface area contributed by atoms with Gasteiger partial charge in [-0.15, -0.1) is 0 Å². The van der Waals surface area contributed by atoms with Gasteiger partial charge in [0, 0.05) is 31.5 Å². The molecule has 0 radical (unpaired) electrons. The van der Waals surface area contributed by atoms with Gasteiger partial charge in [-0.3, -0.25) is 14.5 Å². The van der Waals surface area contributed by atoms with E-state index in [9.17, 15) is 9.59 Å². The van der Waals surface area contributed by atoms with Gasteiger partial charge in [-0.2, -0.15) is 0 Å². The highest BCUT2D eigenvalue weighted by Crippen LogP contribution is 2.18. The molecular formula is C17H28N4O2. The Morgan fingerprint density at radius 3 is 2.52 bits per heavy atom. The third kappa shape index (κ3) is 4.82. The topological polar surface area (TPSA) is 66.4 Å². The fraction of sp³-hybridized carbons (Fsp3) is 0.647. The van der Waals surface area contributed by atoms with Crippen molar-refractivity contribution in [2.45, 2.75) is 44.2 Å². The Morgan fingerprint density at radius 2 is 1.96 bits per heavy atom. The van der Waals surface area contributed by atoms with Crippen LogP contribution in [0.1, 0.15) is 43.8 Å². The van der Waals surface area contributed by atoms with Gasteiger partial charge >= 0.3 is 11.8 Å². The first kappa shape index (κ1) is 17.5. The number of nitrogens with zero attached hydrogens (tertiary/aromatic N) is 2. The summed E-state index contributed by atoms with van der Waals surface area (Å²) < 4.78 is 2.03. The largest absolute Gasteiger partial charge is 0.353 e. The van der Waals surface area contributed by atoms with Crippen molar-refractivity contribution in [1.29, 1.82) is 0 Å². The molecule has 1 unspecified atom stereocenters. The van der Waals surface area contributed by atoms with Gasteiger partial charge in [0.15, 0.2) is 0 Å². The van der Waals surface area contributed by atoms with Gasteiger partial charge < -0.3 is 15.2 Å². The summed E-state index contributed by atoms with van der Waals surface area (Å²) in [5.41, 5.74) is 1.10. The molecule has 1 aliphatic carbocycles. The molecule has 6 nitrogen and oxygen atoms in total. The van der Waals surface area contributed by atoms with Crippen molar-refractivity contribution in [3.05, 3.63) is 24.0 Å². The van der Waals surface area contributed by atoms with Gasteiger partial charge in [0.2, 0.25) is 0 Å². The van der Waals surface area contributed by atoms with Gasteiger partial charge in [0.1, 0.15) is 0 Å². The summed E-state index contributed by atoms with van der Waals surface area (Å²) in [6.45, 7) is 0.405. The number of carbonyl (C=O) groups is 2. The monoisotopic (exact) mass is 320 g/mol. The van der Waals surface area contributed by atoms with E-state index >= 15 is 0 Å².